The van der Waals surface area contributed by atoms with Gasteiger partial charge in [0, 0.05) is 5.02 Å². The van der Waals surface area contributed by atoms with Crippen molar-refractivity contribution in [3.63, 3.8) is 0 Å². The molecule has 0 atom stereocenters. The van der Waals surface area contributed by atoms with Crippen LogP contribution in [0.15, 0.2) is 70.7 Å². The number of nitrogens with one attached hydrogen (secondary N) is 1. The number of methoxy groups -OCH3 is 1. The molecule has 190 valence electrons. The quantitative estimate of drug-likeness (QED) is 0.195. The van der Waals surface area contributed by atoms with E-state index in [0.717, 1.165) is 4.90 Å². The molecule has 1 heterocycles. The van der Waals surface area contributed by atoms with E-state index < -0.39 is 17.8 Å². The lowest BCUT2D eigenvalue weighted by molar-refractivity contribution is -0.122. The summed E-state index contributed by atoms with van der Waals surface area (Å²) in [5.41, 5.74) is 0.504. The van der Waals surface area contributed by atoms with Gasteiger partial charge < -0.3 is 14.2 Å². The van der Waals surface area contributed by atoms with Crippen LogP contribution < -0.4 is 24.4 Å². The average Bonchev–Trinajstić information content (AvgIpc) is 2.87. The van der Waals surface area contributed by atoms with E-state index in [1.807, 2.05) is 12.1 Å². The van der Waals surface area contributed by atoms with Crippen LogP contribution in [0.1, 0.15) is 5.56 Å². The molecule has 0 aliphatic carbocycles. The Bertz CT molecular complexity index is 1390. The molecule has 8 nitrogen and oxygen atoms in total. The summed E-state index contributed by atoms with van der Waals surface area (Å²) < 4.78 is 17.4. The number of hydrogen-bond acceptors (Lipinski definition) is 6. The van der Waals surface area contributed by atoms with Crippen LogP contribution in [0, 0.1) is 0 Å². The minimum absolute atomic E-state index is 0.194. The number of barbiturate groups is 1. The number of halogens is 3. The molecule has 0 radical (unpaired) electrons. The number of benzene rings is 3. The molecule has 37 heavy (non-hydrogen) atoms. The minimum Gasteiger partial charge on any atom is -0.493 e. The summed E-state index contributed by atoms with van der Waals surface area (Å²) in [4.78, 5) is 38.9. The topological polar surface area (TPSA) is 94.2 Å². The van der Waals surface area contributed by atoms with Gasteiger partial charge in [-0.25, -0.2) is 9.69 Å². The van der Waals surface area contributed by atoms with Crippen LogP contribution in [-0.2, 0) is 9.59 Å². The molecule has 4 amide bonds. The van der Waals surface area contributed by atoms with Gasteiger partial charge >= 0.3 is 6.03 Å². The second-order valence-electron chi connectivity index (χ2n) is 7.60. The van der Waals surface area contributed by atoms with Crippen LogP contribution in [0.3, 0.4) is 0 Å². The molecule has 0 spiro atoms. The first kappa shape index (κ1) is 26.5. The second kappa shape index (κ2) is 11.7. The molecule has 11 heteroatoms. The first-order valence-corrected chi connectivity index (χ1v) is 12.4. The van der Waals surface area contributed by atoms with Crippen LogP contribution in [0.4, 0.5) is 10.5 Å². The van der Waals surface area contributed by atoms with Crippen molar-refractivity contribution in [2.24, 2.45) is 0 Å². The lowest BCUT2D eigenvalue weighted by Crippen LogP contribution is -2.54. The van der Waals surface area contributed by atoms with Gasteiger partial charge in [0.25, 0.3) is 11.8 Å². The largest absolute Gasteiger partial charge is 0.493 e. The number of amides is 4. The van der Waals surface area contributed by atoms with Crippen LogP contribution in [0.2, 0.25) is 10.0 Å². The molecule has 0 saturated carbocycles. The second-order valence-corrected chi connectivity index (χ2v) is 9.29. The summed E-state index contributed by atoms with van der Waals surface area (Å²) in [6.45, 7) is 0.425. The third kappa shape index (κ3) is 6.07. The molecule has 0 unspecified atom stereocenters. The van der Waals surface area contributed by atoms with Crippen molar-refractivity contribution in [2.75, 3.05) is 25.2 Å². The van der Waals surface area contributed by atoms with Gasteiger partial charge in [0.05, 0.1) is 22.3 Å². The van der Waals surface area contributed by atoms with Crippen molar-refractivity contribution in [1.82, 2.24) is 5.32 Å². The lowest BCUT2D eigenvalue weighted by atomic mass is 10.1. The normalized spacial score (nSPS) is 14.5. The van der Waals surface area contributed by atoms with Crippen molar-refractivity contribution in [3.8, 4) is 17.2 Å². The molecule has 1 aliphatic heterocycles. The maximum absolute atomic E-state index is 13.1. The predicted molar refractivity (Wildman–Crippen MR) is 144 cm³/mol. The highest BCUT2D eigenvalue weighted by Crippen LogP contribution is 2.37. The van der Waals surface area contributed by atoms with Crippen molar-refractivity contribution < 1.29 is 28.6 Å². The van der Waals surface area contributed by atoms with Gasteiger partial charge in [0.15, 0.2) is 11.5 Å². The van der Waals surface area contributed by atoms with Crippen molar-refractivity contribution in [3.05, 3.63) is 86.3 Å². The van der Waals surface area contributed by atoms with E-state index in [2.05, 4.69) is 21.2 Å². The van der Waals surface area contributed by atoms with Crippen molar-refractivity contribution in [2.45, 2.75) is 0 Å². The van der Waals surface area contributed by atoms with E-state index in [9.17, 15) is 14.4 Å². The minimum atomic E-state index is -0.851. The van der Waals surface area contributed by atoms with Crippen molar-refractivity contribution in [1.29, 1.82) is 0 Å². The number of urea groups is 1. The van der Waals surface area contributed by atoms with Gasteiger partial charge in [-0.2, -0.15) is 0 Å². The predicted octanol–water partition coefficient (Wildman–Crippen LogP) is 5.89. The van der Waals surface area contributed by atoms with Gasteiger partial charge in [-0.3, -0.25) is 14.9 Å². The molecule has 0 bridgehead atoms. The summed E-state index contributed by atoms with van der Waals surface area (Å²) in [6.07, 6.45) is 1.37. The number of ether oxygens (including phenoxy) is 3. The molecular formula is C26H19BrCl2N2O6. The fraction of sp³-hybridized carbons (Fsp3) is 0.115. The highest BCUT2D eigenvalue weighted by molar-refractivity contribution is 9.10. The Morgan fingerprint density at radius 2 is 1.65 bits per heavy atom. The number of nitrogens with zero attached hydrogens (tertiary/aromatic N) is 1. The molecule has 1 aliphatic rings. The molecule has 3 aromatic rings. The van der Waals surface area contributed by atoms with Gasteiger partial charge in [0.2, 0.25) is 0 Å². The van der Waals surface area contributed by atoms with Gasteiger partial charge in [0.1, 0.15) is 24.5 Å². The van der Waals surface area contributed by atoms with E-state index in [1.54, 1.807) is 24.3 Å². The fourth-order valence-electron chi connectivity index (χ4n) is 3.47. The Hall–Kier alpha value is -3.53. The van der Waals surface area contributed by atoms with Crippen molar-refractivity contribution >= 4 is 68.7 Å². The summed E-state index contributed by atoms with van der Waals surface area (Å²) in [5.74, 6) is -0.282. The van der Waals surface area contributed by atoms with Gasteiger partial charge in [-0.05, 0) is 76.1 Å². The third-order valence-electron chi connectivity index (χ3n) is 5.17. The average molecular weight is 606 g/mol. The number of para-hydroxylation sites is 1. The monoisotopic (exact) mass is 604 g/mol. The van der Waals surface area contributed by atoms with E-state index in [4.69, 9.17) is 37.4 Å². The molecule has 0 aromatic heterocycles. The fourth-order valence-corrected chi connectivity index (χ4v) is 4.36. The molecule has 4 rings (SSSR count). The number of carbonyl (C=O) groups excluding carboxylic acids is 3. The Kier molecular flexibility index (Phi) is 8.38. The van der Waals surface area contributed by atoms with E-state index >= 15 is 0 Å². The zero-order chi connectivity index (χ0) is 26.5. The highest BCUT2D eigenvalue weighted by Gasteiger charge is 2.36. The molecule has 1 saturated heterocycles. The Morgan fingerprint density at radius 3 is 2.35 bits per heavy atom. The smallest absolute Gasteiger partial charge is 0.335 e. The Balaban J connectivity index is 1.53. The molecule has 1 fully saturated rings. The zero-order valence-corrected chi connectivity index (χ0v) is 22.4. The van der Waals surface area contributed by atoms with Crippen LogP contribution in [0.5, 0.6) is 17.2 Å². The van der Waals surface area contributed by atoms with E-state index in [1.165, 1.54) is 37.5 Å². The van der Waals surface area contributed by atoms with Gasteiger partial charge in [-0.1, -0.05) is 35.3 Å². The van der Waals surface area contributed by atoms with Crippen LogP contribution >= 0.6 is 39.1 Å². The van der Waals surface area contributed by atoms with Crippen LogP contribution in [0.25, 0.3) is 6.08 Å². The number of carbonyl (C=O) groups is 3. The molecule has 1 N–H and O–H groups in total. The molecular weight excluding hydrogens is 587 g/mol. The zero-order valence-electron chi connectivity index (χ0n) is 19.3. The Labute approximate surface area is 230 Å². The summed E-state index contributed by atoms with van der Waals surface area (Å²) in [7, 11) is 1.46. The number of rotatable bonds is 8. The maximum Gasteiger partial charge on any atom is 0.335 e. The Morgan fingerprint density at radius 1 is 0.946 bits per heavy atom. The molecule has 3 aromatic carbocycles. The third-order valence-corrected chi connectivity index (χ3v) is 6.33. The van der Waals surface area contributed by atoms with Gasteiger partial charge in [-0.15, -0.1) is 0 Å². The summed E-state index contributed by atoms with van der Waals surface area (Å²) in [6, 6.07) is 15.6. The van der Waals surface area contributed by atoms with E-state index in [-0.39, 0.29) is 24.5 Å². The summed E-state index contributed by atoms with van der Waals surface area (Å²) >= 11 is 15.4. The highest BCUT2D eigenvalue weighted by atomic mass is 79.9. The first-order valence-electron chi connectivity index (χ1n) is 10.8. The standard InChI is InChI=1S/C26H19BrCl2N2O6/c1-35-22-14-15(13-19(27)23(22)37-11-10-36-21-5-3-2-4-20(21)29)12-18-24(32)30-26(34)31(25(18)33)17-8-6-16(28)7-9-17/h2-9,12-14H,10-11H2,1H3,(H,30,32,34). The maximum atomic E-state index is 13.1. The summed E-state index contributed by atoms with van der Waals surface area (Å²) in [5, 5.41) is 3.12. The first-order chi connectivity index (χ1) is 17.8. The lowest BCUT2D eigenvalue weighted by Gasteiger charge is -2.26. The van der Waals surface area contributed by atoms with E-state index in [0.29, 0.717) is 37.3 Å². The number of anilines is 1. The SMILES string of the molecule is COc1cc(C=C2C(=O)NC(=O)N(c3ccc(Cl)cc3)C2=O)cc(Br)c1OCCOc1ccccc1Cl. The van der Waals surface area contributed by atoms with Crippen LogP contribution in [-0.4, -0.2) is 38.2 Å². The number of hydrogen-bond donors (Lipinski definition) is 1. The number of imide groups is 2.